The fraction of sp³-hybridized carbons (Fsp3) is 0.512. The third-order valence-corrected chi connectivity index (χ3v) is 16.5. The molecule has 3 aliphatic heterocycles. The molecule has 2 aromatic carbocycles. The van der Waals surface area contributed by atoms with Crippen molar-refractivity contribution in [2.75, 3.05) is 30.5 Å². The van der Waals surface area contributed by atoms with E-state index in [0.29, 0.717) is 50.7 Å². The van der Waals surface area contributed by atoms with Gasteiger partial charge in [0, 0.05) is 17.9 Å². The van der Waals surface area contributed by atoms with E-state index in [2.05, 4.69) is 42.4 Å². The van der Waals surface area contributed by atoms with Crippen molar-refractivity contribution in [2.45, 2.75) is 112 Å². The molecular weight excluding hydrogens is 797 g/mol. The summed E-state index contributed by atoms with van der Waals surface area (Å²) in [6.07, 6.45) is 13.4. The first-order chi connectivity index (χ1) is 28.5. The van der Waals surface area contributed by atoms with Gasteiger partial charge in [-0.15, -0.1) is 0 Å². The minimum absolute atomic E-state index is 0.0552. The maximum absolute atomic E-state index is 13.6. The highest BCUT2D eigenvalue weighted by Crippen LogP contribution is 2.51. The largest absolute Gasteiger partial charge is 0.476 e. The molecule has 1 spiro atoms. The number of ether oxygens (including phenoxy) is 2. The Morgan fingerprint density at radius 2 is 1.37 bits per heavy atom. The highest BCUT2D eigenvalue weighted by Gasteiger charge is 2.46. The number of carbonyl (C=O) groups excluding carboxylic acids is 2. The summed E-state index contributed by atoms with van der Waals surface area (Å²) in [7, 11) is -8.44. The van der Waals surface area contributed by atoms with Crippen LogP contribution in [0.2, 0.25) is 0 Å². The Morgan fingerprint density at radius 3 is 2.10 bits per heavy atom. The van der Waals surface area contributed by atoms with Crippen LogP contribution >= 0.6 is 0 Å². The van der Waals surface area contributed by atoms with Crippen molar-refractivity contribution >= 4 is 43.5 Å². The molecule has 5 heterocycles. The fourth-order valence-corrected chi connectivity index (χ4v) is 13.1. The fourth-order valence-electron chi connectivity index (χ4n) is 11.0. The van der Waals surface area contributed by atoms with E-state index in [1.54, 1.807) is 4.68 Å². The lowest BCUT2D eigenvalue weighted by atomic mass is 9.84. The molecule has 0 radical (unpaired) electrons. The van der Waals surface area contributed by atoms with E-state index in [9.17, 15) is 26.4 Å². The van der Waals surface area contributed by atoms with Crippen molar-refractivity contribution in [3.63, 3.8) is 0 Å². The number of nitrogens with zero attached hydrogens (tertiary/aromatic N) is 4. The zero-order valence-electron chi connectivity index (χ0n) is 32.6. The number of aryl methyl sites for hydroxylation is 3. The molecule has 0 bridgehead atoms. The van der Waals surface area contributed by atoms with Gasteiger partial charge in [-0.25, -0.2) is 40.6 Å². The molecule has 4 aromatic rings. The summed E-state index contributed by atoms with van der Waals surface area (Å²) in [5.74, 6) is 0.522. The van der Waals surface area contributed by atoms with Crippen LogP contribution in [0.3, 0.4) is 0 Å². The van der Waals surface area contributed by atoms with Crippen LogP contribution in [-0.2, 0) is 89.2 Å². The lowest BCUT2D eigenvalue weighted by molar-refractivity contribution is -0.154. The van der Waals surface area contributed by atoms with Gasteiger partial charge in [-0.05, 0) is 140 Å². The van der Waals surface area contributed by atoms with Crippen molar-refractivity contribution < 1.29 is 35.9 Å². The summed E-state index contributed by atoms with van der Waals surface area (Å²) < 4.78 is 73.0. The van der Waals surface area contributed by atoms with Gasteiger partial charge in [0.25, 0.3) is 20.0 Å². The summed E-state index contributed by atoms with van der Waals surface area (Å²) in [5, 5.41) is 14.5. The lowest BCUT2D eigenvalue weighted by Crippen LogP contribution is -2.52. The molecule has 59 heavy (non-hydrogen) atoms. The van der Waals surface area contributed by atoms with Gasteiger partial charge in [-0.3, -0.25) is 4.68 Å². The Labute approximate surface area is 341 Å². The molecule has 2 atom stereocenters. The van der Waals surface area contributed by atoms with Gasteiger partial charge in [0.15, 0.2) is 4.90 Å². The molecule has 4 amide bonds. The Kier molecular flexibility index (Phi) is 8.51. The standard InChI is InChI=1S/C41H46N8O8S2/c50-39(47-59(54,55)35-18-43-49-19-41(20-56-21-41)22-57-38(35)49)44-36-29-8-4-6-24(29)15-32-27(10-11-30(32)36)26-14-25-13-23-5-3-7-28(23)37(31(25)16-26)45-40(51)46-58(52,53)34-17-42-48-12-2-1-9-33(34)48/h13,15,17-18,26-27H,1-12,14,16,19-22H2,(H2,44,47,50)(H2,45,46,51). The zero-order chi connectivity index (χ0) is 40.3. The molecule has 2 aromatic heterocycles. The summed E-state index contributed by atoms with van der Waals surface area (Å²) in [6, 6.07) is 2.99. The van der Waals surface area contributed by atoms with Crippen LogP contribution in [0.15, 0.2) is 34.3 Å². The monoisotopic (exact) mass is 842 g/mol. The van der Waals surface area contributed by atoms with Crippen LogP contribution in [0.25, 0.3) is 0 Å². The number of nitrogens with one attached hydrogen (secondary N) is 4. The highest BCUT2D eigenvalue weighted by atomic mass is 32.2. The molecule has 4 N–H and O–H groups in total. The second-order valence-electron chi connectivity index (χ2n) is 17.5. The van der Waals surface area contributed by atoms with Gasteiger partial charge in [-0.2, -0.15) is 10.2 Å². The number of fused-ring (bicyclic) bond motifs is 6. The van der Waals surface area contributed by atoms with Gasteiger partial charge >= 0.3 is 12.1 Å². The molecule has 0 saturated carbocycles. The maximum Gasteiger partial charge on any atom is 0.333 e. The molecule has 2 unspecified atom stereocenters. The van der Waals surface area contributed by atoms with E-state index < -0.39 is 32.1 Å². The smallest absolute Gasteiger partial charge is 0.333 e. The number of hydrogen-bond acceptors (Lipinski definition) is 10. The number of urea groups is 2. The molecule has 4 aliphatic carbocycles. The van der Waals surface area contributed by atoms with Crippen molar-refractivity contribution in [2.24, 2.45) is 11.3 Å². The third-order valence-electron chi connectivity index (χ3n) is 13.8. The van der Waals surface area contributed by atoms with Crippen LogP contribution < -0.4 is 24.8 Å². The number of anilines is 2. The quantitative estimate of drug-likeness (QED) is 0.208. The highest BCUT2D eigenvalue weighted by molar-refractivity contribution is 7.90. The number of sulfonamides is 2. The topological polar surface area (TPSA) is 205 Å². The Hall–Kier alpha value is -4.94. The maximum atomic E-state index is 13.6. The van der Waals surface area contributed by atoms with Gasteiger partial charge in [0.05, 0.1) is 43.3 Å². The number of amides is 4. The normalized spacial score (nSPS) is 22.0. The van der Waals surface area contributed by atoms with Crippen molar-refractivity contribution in [3.05, 3.63) is 74.7 Å². The van der Waals surface area contributed by atoms with Gasteiger partial charge < -0.3 is 20.1 Å². The van der Waals surface area contributed by atoms with Gasteiger partial charge in [0.1, 0.15) is 11.5 Å². The predicted octanol–water partition coefficient (Wildman–Crippen LogP) is 4.27. The van der Waals surface area contributed by atoms with E-state index in [0.717, 1.165) is 105 Å². The van der Waals surface area contributed by atoms with Gasteiger partial charge in [-0.1, -0.05) is 12.1 Å². The predicted molar refractivity (Wildman–Crippen MR) is 214 cm³/mol. The molecule has 1 saturated heterocycles. The first-order valence-electron chi connectivity index (χ1n) is 20.8. The first-order valence-corrected chi connectivity index (χ1v) is 23.7. The molecular formula is C41H46N8O8S2. The van der Waals surface area contributed by atoms with E-state index in [-0.39, 0.29) is 32.9 Å². The summed E-state index contributed by atoms with van der Waals surface area (Å²) in [6.45, 7) is 2.51. The minimum atomic E-state index is -4.30. The number of carbonyl (C=O) groups is 2. The second-order valence-corrected chi connectivity index (χ2v) is 20.8. The van der Waals surface area contributed by atoms with Crippen LogP contribution in [0.5, 0.6) is 5.88 Å². The van der Waals surface area contributed by atoms with Crippen LogP contribution in [0.4, 0.5) is 21.0 Å². The van der Waals surface area contributed by atoms with E-state index in [1.165, 1.54) is 39.3 Å². The average molecular weight is 843 g/mol. The number of hydrogen-bond donors (Lipinski definition) is 4. The molecule has 310 valence electrons. The molecule has 1 fully saturated rings. The molecule has 7 aliphatic rings. The van der Waals surface area contributed by atoms with Crippen molar-refractivity contribution in [1.29, 1.82) is 0 Å². The van der Waals surface area contributed by atoms with E-state index >= 15 is 0 Å². The first kappa shape index (κ1) is 37.1. The van der Waals surface area contributed by atoms with E-state index in [4.69, 9.17) is 9.47 Å². The number of aromatic nitrogens is 4. The average Bonchev–Trinajstić information content (AvgIpc) is 4.04. The Bertz CT molecular complexity index is 2700. The Morgan fingerprint density at radius 1 is 0.695 bits per heavy atom. The third kappa shape index (κ3) is 6.14. The molecule has 18 heteroatoms. The van der Waals surface area contributed by atoms with Crippen LogP contribution in [0.1, 0.15) is 88.2 Å². The Balaban J connectivity index is 0.830. The number of benzene rings is 2. The second kappa shape index (κ2) is 13.5. The SMILES string of the molecule is O=C(Nc1c2c(cc3c1CC(C1CCc4c1cc1c(c4NC(=O)NS(=O)(=O)c4cnn5c4OCC4(COC4)C5)CCC1)C3)CCC2)NS(=O)(=O)c1cnn2c1CCCC2. The van der Waals surface area contributed by atoms with Crippen molar-refractivity contribution in [3.8, 4) is 5.88 Å². The minimum Gasteiger partial charge on any atom is -0.476 e. The summed E-state index contributed by atoms with van der Waals surface area (Å²) >= 11 is 0. The van der Waals surface area contributed by atoms with E-state index in [1.807, 2.05) is 0 Å². The van der Waals surface area contributed by atoms with Crippen LogP contribution in [-0.4, -0.2) is 68.3 Å². The van der Waals surface area contributed by atoms with Crippen molar-refractivity contribution in [1.82, 2.24) is 29.0 Å². The zero-order valence-corrected chi connectivity index (χ0v) is 34.2. The molecule has 16 nitrogen and oxygen atoms in total. The van der Waals surface area contributed by atoms with Crippen LogP contribution in [0, 0.1) is 11.3 Å². The number of rotatable bonds is 7. The summed E-state index contributed by atoms with van der Waals surface area (Å²) in [4.78, 5) is 27.0. The molecule has 11 rings (SSSR count). The lowest BCUT2D eigenvalue weighted by Gasteiger charge is -2.43. The van der Waals surface area contributed by atoms with Gasteiger partial charge in [0.2, 0.25) is 5.88 Å². The summed E-state index contributed by atoms with van der Waals surface area (Å²) in [5.41, 5.74) is 10.9.